The summed E-state index contributed by atoms with van der Waals surface area (Å²) in [5.41, 5.74) is 0.221. The van der Waals surface area contributed by atoms with Crippen molar-refractivity contribution in [1.29, 1.82) is 0 Å². The van der Waals surface area contributed by atoms with Crippen molar-refractivity contribution in [2.75, 3.05) is 4.72 Å². The molecule has 0 fully saturated rings. The van der Waals surface area contributed by atoms with Gasteiger partial charge in [0.15, 0.2) is 0 Å². The number of rotatable bonds is 6. The zero-order valence-electron chi connectivity index (χ0n) is 13.7. The summed E-state index contributed by atoms with van der Waals surface area (Å²) < 4.78 is 41.1. The van der Waals surface area contributed by atoms with Crippen LogP contribution in [0.15, 0.2) is 47.4 Å². The molecule has 2 N–H and O–H groups in total. The first kappa shape index (κ1) is 19.2. The van der Waals surface area contributed by atoms with Gasteiger partial charge < -0.3 is 5.32 Å². The van der Waals surface area contributed by atoms with Crippen molar-refractivity contribution in [2.45, 2.75) is 31.2 Å². The molecule has 8 heteroatoms. The van der Waals surface area contributed by atoms with E-state index in [1.807, 2.05) is 13.8 Å². The highest BCUT2D eigenvalue weighted by Crippen LogP contribution is 2.23. The first-order valence-electron chi connectivity index (χ1n) is 7.62. The molecule has 0 aliphatic carbocycles. The number of sulfonamides is 1. The van der Waals surface area contributed by atoms with E-state index in [-0.39, 0.29) is 22.3 Å². The molecule has 134 valence electrons. The standard InChI is InChI=1S/C17H18ClFN2O3S/c1-3-11(2)20-17(22)13-6-4-5-7-15(13)21-25(23,24)16-9-8-12(18)10-14(16)19/h4-11,21H,3H2,1-2H3,(H,20,22)/t11-/m1/s1. The normalized spacial score (nSPS) is 12.5. The SMILES string of the molecule is CC[C@@H](C)NC(=O)c1ccccc1NS(=O)(=O)c1ccc(Cl)cc1F. The lowest BCUT2D eigenvalue weighted by molar-refractivity contribution is 0.0940. The zero-order chi connectivity index (χ0) is 18.6. The molecule has 0 saturated carbocycles. The largest absolute Gasteiger partial charge is 0.350 e. The van der Waals surface area contributed by atoms with E-state index in [2.05, 4.69) is 10.0 Å². The number of hydrogen-bond acceptors (Lipinski definition) is 3. The molecular formula is C17H18ClFN2O3S. The van der Waals surface area contributed by atoms with E-state index < -0.39 is 26.6 Å². The quantitative estimate of drug-likeness (QED) is 0.795. The summed E-state index contributed by atoms with van der Waals surface area (Å²) in [6.07, 6.45) is 0.732. The molecule has 0 aliphatic heterocycles. The van der Waals surface area contributed by atoms with Gasteiger partial charge in [0.2, 0.25) is 0 Å². The fourth-order valence-corrected chi connectivity index (χ4v) is 3.37. The number of para-hydroxylation sites is 1. The van der Waals surface area contributed by atoms with E-state index in [1.54, 1.807) is 12.1 Å². The van der Waals surface area contributed by atoms with Gasteiger partial charge >= 0.3 is 0 Å². The molecule has 5 nitrogen and oxygen atoms in total. The van der Waals surface area contributed by atoms with Gasteiger partial charge in [0.25, 0.3) is 15.9 Å². The fraction of sp³-hybridized carbons (Fsp3) is 0.235. The second kappa shape index (κ2) is 7.84. The highest BCUT2D eigenvalue weighted by molar-refractivity contribution is 7.92. The fourth-order valence-electron chi connectivity index (χ4n) is 2.07. The third-order valence-electron chi connectivity index (χ3n) is 3.59. The number of hydrogen-bond donors (Lipinski definition) is 2. The van der Waals surface area contributed by atoms with Crippen molar-refractivity contribution < 1.29 is 17.6 Å². The maximum absolute atomic E-state index is 13.9. The monoisotopic (exact) mass is 384 g/mol. The zero-order valence-corrected chi connectivity index (χ0v) is 15.3. The topological polar surface area (TPSA) is 75.3 Å². The third kappa shape index (κ3) is 4.70. The first-order chi connectivity index (χ1) is 11.7. The van der Waals surface area contributed by atoms with Gasteiger partial charge in [0, 0.05) is 11.1 Å². The molecule has 2 rings (SSSR count). The van der Waals surface area contributed by atoms with Crippen LogP contribution in [-0.2, 0) is 10.0 Å². The van der Waals surface area contributed by atoms with Crippen molar-refractivity contribution in [3.8, 4) is 0 Å². The van der Waals surface area contributed by atoms with Crippen molar-refractivity contribution in [3.05, 3.63) is 58.9 Å². The second-order valence-corrected chi connectivity index (χ2v) is 7.60. The number of benzene rings is 2. The lowest BCUT2D eigenvalue weighted by Gasteiger charge is -2.15. The van der Waals surface area contributed by atoms with Crippen LogP contribution in [0.5, 0.6) is 0 Å². The molecule has 2 aromatic rings. The molecule has 0 saturated heterocycles. The molecule has 0 heterocycles. The summed E-state index contributed by atoms with van der Waals surface area (Å²) in [6, 6.07) is 9.33. The number of halogens is 2. The Hall–Kier alpha value is -2.12. The summed E-state index contributed by atoms with van der Waals surface area (Å²) in [5.74, 6) is -1.38. The Morgan fingerprint density at radius 1 is 1.24 bits per heavy atom. The number of nitrogens with one attached hydrogen (secondary N) is 2. The van der Waals surface area contributed by atoms with Crippen molar-refractivity contribution >= 4 is 33.2 Å². The van der Waals surface area contributed by atoms with Crippen molar-refractivity contribution in [3.63, 3.8) is 0 Å². The van der Waals surface area contributed by atoms with Crippen LogP contribution in [0.2, 0.25) is 5.02 Å². The van der Waals surface area contributed by atoms with E-state index in [4.69, 9.17) is 11.6 Å². The molecule has 0 aromatic heterocycles. The van der Waals surface area contributed by atoms with Crippen LogP contribution in [0, 0.1) is 5.82 Å². The third-order valence-corrected chi connectivity index (χ3v) is 5.22. The minimum atomic E-state index is -4.21. The summed E-state index contributed by atoms with van der Waals surface area (Å²) in [4.78, 5) is 11.8. The molecule has 1 atom stereocenters. The van der Waals surface area contributed by atoms with Crippen LogP contribution < -0.4 is 10.0 Å². The van der Waals surface area contributed by atoms with Crippen LogP contribution in [0.25, 0.3) is 0 Å². The molecule has 25 heavy (non-hydrogen) atoms. The van der Waals surface area contributed by atoms with E-state index in [9.17, 15) is 17.6 Å². The van der Waals surface area contributed by atoms with Gasteiger partial charge in [-0.25, -0.2) is 12.8 Å². The van der Waals surface area contributed by atoms with Gasteiger partial charge in [-0.15, -0.1) is 0 Å². The smallest absolute Gasteiger partial charge is 0.264 e. The molecular weight excluding hydrogens is 367 g/mol. The summed E-state index contributed by atoms with van der Waals surface area (Å²) in [7, 11) is -4.21. The predicted molar refractivity (Wildman–Crippen MR) is 95.9 cm³/mol. The van der Waals surface area contributed by atoms with Crippen molar-refractivity contribution in [1.82, 2.24) is 5.32 Å². The second-order valence-electron chi connectivity index (χ2n) is 5.51. The van der Waals surface area contributed by atoms with Crippen LogP contribution in [0.4, 0.5) is 10.1 Å². The molecule has 0 spiro atoms. The van der Waals surface area contributed by atoms with Gasteiger partial charge in [-0.1, -0.05) is 30.7 Å². The predicted octanol–water partition coefficient (Wildman–Crippen LogP) is 3.81. The molecule has 0 bridgehead atoms. The molecule has 1 amide bonds. The number of carbonyl (C=O) groups excluding carboxylic acids is 1. The van der Waals surface area contributed by atoms with Gasteiger partial charge in [-0.05, 0) is 43.7 Å². The van der Waals surface area contributed by atoms with Gasteiger partial charge in [-0.3, -0.25) is 9.52 Å². The number of carbonyl (C=O) groups is 1. The minimum absolute atomic E-state index is 0.0640. The molecule has 0 unspecified atom stereocenters. The Morgan fingerprint density at radius 3 is 2.56 bits per heavy atom. The van der Waals surface area contributed by atoms with E-state index >= 15 is 0 Å². The Balaban J connectivity index is 2.35. The Bertz CT molecular complexity index is 887. The highest BCUT2D eigenvalue weighted by Gasteiger charge is 2.22. The van der Waals surface area contributed by atoms with Gasteiger partial charge in [-0.2, -0.15) is 0 Å². The Labute approximate surface area is 151 Å². The summed E-state index contributed by atoms with van der Waals surface area (Å²) >= 11 is 5.65. The first-order valence-corrected chi connectivity index (χ1v) is 9.48. The van der Waals surface area contributed by atoms with E-state index in [0.29, 0.717) is 0 Å². The average Bonchev–Trinajstić information content (AvgIpc) is 2.54. The lowest BCUT2D eigenvalue weighted by atomic mass is 10.1. The molecule has 0 radical (unpaired) electrons. The maximum atomic E-state index is 13.9. The van der Waals surface area contributed by atoms with Crippen molar-refractivity contribution in [2.24, 2.45) is 0 Å². The molecule has 0 aliphatic rings. The summed E-state index contributed by atoms with van der Waals surface area (Å²) in [6.45, 7) is 3.76. The van der Waals surface area contributed by atoms with Crippen LogP contribution >= 0.6 is 11.6 Å². The van der Waals surface area contributed by atoms with Crippen LogP contribution in [0.3, 0.4) is 0 Å². The number of amides is 1. The van der Waals surface area contributed by atoms with Gasteiger partial charge in [0.05, 0.1) is 11.3 Å². The average molecular weight is 385 g/mol. The number of anilines is 1. The maximum Gasteiger partial charge on any atom is 0.264 e. The minimum Gasteiger partial charge on any atom is -0.350 e. The van der Waals surface area contributed by atoms with Gasteiger partial charge in [0.1, 0.15) is 10.7 Å². The van der Waals surface area contributed by atoms with E-state index in [1.165, 1.54) is 18.2 Å². The Kier molecular flexibility index (Phi) is 6.02. The van der Waals surface area contributed by atoms with Crippen LogP contribution in [0.1, 0.15) is 30.6 Å². The van der Waals surface area contributed by atoms with E-state index in [0.717, 1.165) is 18.6 Å². The van der Waals surface area contributed by atoms with Crippen LogP contribution in [-0.4, -0.2) is 20.4 Å². The lowest BCUT2D eigenvalue weighted by Crippen LogP contribution is -2.32. The highest BCUT2D eigenvalue weighted by atomic mass is 35.5. The molecule has 2 aromatic carbocycles. The Morgan fingerprint density at radius 2 is 1.92 bits per heavy atom. The summed E-state index contributed by atoms with van der Waals surface area (Å²) in [5, 5.41) is 2.85.